The van der Waals surface area contributed by atoms with Crippen molar-refractivity contribution in [2.45, 2.75) is 25.5 Å². The SMILES string of the molecule is NC(CCc1ccc2ccccc2c1)Oc1ccc(F)c2c1CC(=O)N2. The molecule has 0 saturated heterocycles. The van der Waals surface area contributed by atoms with E-state index in [0.717, 1.165) is 6.42 Å². The van der Waals surface area contributed by atoms with Crippen molar-refractivity contribution >= 4 is 22.4 Å². The number of carbonyl (C=O) groups excluding carboxylic acids is 1. The van der Waals surface area contributed by atoms with E-state index in [9.17, 15) is 9.18 Å². The molecule has 4 rings (SSSR count). The Labute approximate surface area is 150 Å². The third-order valence-corrected chi connectivity index (χ3v) is 4.63. The van der Waals surface area contributed by atoms with Crippen molar-refractivity contribution in [3.63, 3.8) is 0 Å². The molecular formula is C21H19FN2O2. The first-order valence-corrected chi connectivity index (χ1v) is 8.61. The molecule has 5 heteroatoms. The van der Waals surface area contributed by atoms with Crippen LogP contribution in [0.3, 0.4) is 0 Å². The van der Waals surface area contributed by atoms with Crippen LogP contribution in [-0.2, 0) is 17.6 Å². The van der Waals surface area contributed by atoms with E-state index in [1.54, 1.807) is 0 Å². The molecule has 3 aromatic carbocycles. The van der Waals surface area contributed by atoms with Crippen molar-refractivity contribution in [3.8, 4) is 5.75 Å². The monoisotopic (exact) mass is 350 g/mol. The minimum absolute atomic E-state index is 0.111. The van der Waals surface area contributed by atoms with Gasteiger partial charge in [0.05, 0.1) is 12.1 Å². The van der Waals surface area contributed by atoms with Crippen LogP contribution in [0.15, 0.2) is 54.6 Å². The van der Waals surface area contributed by atoms with Crippen molar-refractivity contribution in [1.82, 2.24) is 0 Å². The van der Waals surface area contributed by atoms with Crippen LogP contribution in [0.5, 0.6) is 5.75 Å². The Morgan fingerprint density at radius 3 is 2.77 bits per heavy atom. The van der Waals surface area contributed by atoms with Crippen LogP contribution >= 0.6 is 0 Å². The number of hydrogen-bond donors (Lipinski definition) is 2. The maximum atomic E-state index is 13.8. The van der Waals surface area contributed by atoms with Gasteiger partial charge in [0.2, 0.25) is 5.91 Å². The van der Waals surface area contributed by atoms with Gasteiger partial charge in [-0.05, 0) is 34.9 Å². The van der Waals surface area contributed by atoms with Gasteiger partial charge in [-0.15, -0.1) is 0 Å². The maximum absolute atomic E-state index is 13.8. The molecule has 1 amide bonds. The van der Waals surface area contributed by atoms with E-state index in [1.165, 1.54) is 28.5 Å². The molecule has 26 heavy (non-hydrogen) atoms. The third kappa shape index (κ3) is 3.26. The molecule has 3 N–H and O–H groups in total. The van der Waals surface area contributed by atoms with E-state index < -0.39 is 12.0 Å². The van der Waals surface area contributed by atoms with Gasteiger partial charge >= 0.3 is 0 Å². The van der Waals surface area contributed by atoms with Crippen LogP contribution in [0, 0.1) is 5.82 Å². The quantitative estimate of drug-likeness (QED) is 0.689. The highest BCUT2D eigenvalue weighted by molar-refractivity contribution is 6.00. The molecule has 132 valence electrons. The zero-order valence-corrected chi connectivity index (χ0v) is 14.2. The van der Waals surface area contributed by atoms with Gasteiger partial charge in [0.25, 0.3) is 0 Å². The molecule has 0 radical (unpaired) electrons. The van der Waals surface area contributed by atoms with Gasteiger partial charge in [0.1, 0.15) is 17.8 Å². The normalized spacial score (nSPS) is 14.2. The van der Waals surface area contributed by atoms with Crippen molar-refractivity contribution in [2.24, 2.45) is 5.73 Å². The first-order valence-electron chi connectivity index (χ1n) is 8.61. The Bertz CT molecular complexity index is 987. The van der Waals surface area contributed by atoms with Crippen LogP contribution < -0.4 is 15.8 Å². The molecule has 1 aliphatic rings. The van der Waals surface area contributed by atoms with Crippen molar-refractivity contribution < 1.29 is 13.9 Å². The van der Waals surface area contributed by atoms with Gasteiger partial charge in [0, 0.05) is 12.0 Å². The van der Waals surface area contributed by atoms with Gasteiger partial charge in [-0.2, -0.15) is 0 Å². The van der Waals surface area contributed by atoms with Crippen LogP contribution in [0.4, 0.5) is 10.1 Å². The molecule has 1 heterocycles. The highest BCUT2D eigenvalue weighted by Crippen LogP contribution is 2.34. The first kappa shape index (κ1) is 16.5. The van der Waals surface area contributed by atoms with Crippen LogP contribution in [0.2, 0.25) is 0 Å². The van der Waals surface area contributed by atoms with Gasteiger partial charge in [-0.3, -0.25) is 10.5 Å². The summed E-state index contributed by atoms with van der Waals surface area (Å²) in [5.74, 6) is -0.228. The molecule has 0 aromatic heterocycles. The molecule has 1 atom stereocenters. The molecule has 0 aliphatic carbocycles. The largest absolute Gasteiger partial charge is 0.475 e. The number of carbonyl (C=O) groups is 1. The van der Waals surface area contributed by atoms with Crippen LogP contribution in [-0.4, -0.2) is 12.1 Å². The molecule has 1 aliphatic heterocycles. The predicted molar refractivity (Wildman–Crippen MR) is 99.6 cm³/mol. The van der Waals surface area contributed by atoms with Gasteiger partial charge < -0.3 is 10.1 Å². The van der Waals surface area contributed by atoms with E-state index in [4.69, 9.17) is 10.5 Å². The topological polar surface area (TPSA) is 64.3 Å². The Balaban J connectivity index is 1.44. The lowest BCUT2D eigenvalue weighted by Gasteiger charge is -2.17. The zero-order chi connectivity index (χ0) is 18.1. The van der Waals surface area contributed by atoms with Crippen LogP contribution in [0.25, 0.3) is 10.8 Å². The summed E-state index contributed by atoms with van der Waals surface area (Å²) in [7, 11) is 0. The minimum Gasteiger partial charge on any atom is -0.475 e. The molecule has 3 aromatic rings. The Morgan fingerprint density at radius 1 is 1.12 bits per heavy atom. The summed E-state index contributed by atoms with van der Waals surface area (Å²) in [6, 6.07) is 17.4. The molecule has 0 bridgehead atoms. The van der Waals surface area contributed by atoms with E-state index in [2.05, 4.69) is 35.6 Å². The molecule has 0 fully saturated rings. The fourth-order valence-electron chi connectivity index (χ4n) is 3.29. The number of nitrogens with two attached hydrogens (primary N) is 1. The van der Waals surface area contributed by atoms with E-state index in [1.807, 2.05) is 12.1 Å². The number of halogens is 1. The lowest BCUT2D eigenvalue weighted by Crippen LogP contribution is -2.28. The summed E-state index contributed by atoms with van der Waals surface area (Å²) in [5.41, 5.74) is 8.04. The summed E-state index contributed by atoms with van der Waals surface area (Å²) in [6.45, 7) is 0. The highest BCUT2D eigenvalue weighted by Gasteiger charge is 2.25. The number of anilines is 1. The number of ether oxygens (including phenoxy) is 1. The number of benzene rings is 3. The number of nitrogens with one attached hydrogen (secondary N) is 1. The van der Waals surface area contributed by atoms with Crippen LogP contribution in [0.1, 0.15) is 17.5 Å². The molecule has 1 unspecified atom stereocenters. The van der Waals surface area contributed by atoms with Crippen molar-refractivity contribution in [3.05, 3.63) is 71.5 Å². The Kier molecular flexibility index (Phi) is 4.31. The number of aryl methyl sites for hydroxylation is 1. The zero-order valence-electron chi connectivity index (χ0n) is 14.2. The van der Waals surface area contributed by atoms with Gasteiger partial charge in [0.15, 0.2) is 0 Å². The summed E-state index contributed by atoms with van der Waals surface area (Å²) < 4.78 is 19.6. The highest BCUT2D eigenvalue weighted by atomic mass is 19.1. The second kappa shape index (κ2) is 6.77. The summed E-state index contributed by atoms with van der Waals surface area (Å²) in [5, 5.41) is 4.92. The second-order valence-corrected chi connectivity index (χ2v) is 6.50. The molecule has 0 spiro atoms. The number of hydrogen-bond acceptors (Lipinski definition) is 3. The van der Waals surface area contributed by atoms with Gasteiger partial charge in [-0.25, -0.2) is 4.39 Å². The summed E-state index contributed by atoms with van der Waals surface area (Å²) in [4.78, 5) is 11.5. The lowest BCUT2D eigenvalue weighted by atomic mass is 10.0. The number of fused-ring (bicyclic) bond motifs is 2. The maximum Gasteiger partial charge on any atom is 0.229 e. The van der Waals surface area contributed by atoms with Crippen molar-refractivity contribution in [2.75, 3.05) is 5.32 Å². The smallest absolute Gasteiger partial charge is 0.229 e. The lowest BCUT2D eigenvalue weighted by molar-refractivity contribution is -0.115. The fraction of sp³-hybridized carbons (Fsp3) is 0.190. The molecule has 4 nitrogen and oxygen atoms in total. The van der Waals surface area contributed by atoms with E-state index >= 15 is 0 Å². The van der Waals surface area contributed by atoms with E-state index in [0.29, 0.717) is 17.7 Å². The standard InChI is InChI=1S/C21H19FN2O2/c22-17-8-9-18(16-12-20(25)24-21(16)17)26-19(23)10-6-13-5-7-14-3-1-2-4-15(14)11-13/h1-5,7-9,11,19H,6,10,12,23H2,(H,24,25). The average molecular weight is 350 g/mol. The Hall–Kier alpha value is -2.92. The van der Waals surface area contributed by atoms with Gasteiger partial charge in [-0.1, -0.05) is 42.5 Å². The average Bonchev–Trinajstić information content (AvgIpc) is 3.05. The minimum atomic E-state index is -0.535. The third-order valence-electron chi connectivity index (χ3n) is 4.63. The van der Waals surface area contributed by atoms with E-state index in [-0.39, 0.29) is 18.0 Å². The first-order chi connectivity index (χ1) is 12.6. The number of rotatable bonds is 5. The second-order valence-electron chi connectivity index (χ2n) is 6.50. The molecular weight excluding hydrogens is 331 g/mol. The van der Waals surface area contributed by atoms with Crippen molar-refractivity contribution in [1.29, 1.82) is 0 Å². The Morgan fingerprint density at radius 2 is 1.92 bits per heavy atom. The summed E-state index contributed by atoms with van der Waals surface area (Å²) >= 11 is 0. The molecule has 0 saturated carbocycles. The number of amides is 1. The fourth-order valence-corrected chi connectivity index (χ4v) is 3.29. The predicted octanol–water partition coefficient (Wildman–Crippen LogP) is 3.77. The summed E-state index contributed by atoms with van der Waals surface area (Å²) in [6.07, 6.45) is 0.963.